The van der Waals surface area contributed by atoms with Crippen LogP contribution in [-0.2, 0) is 11.3 Å². The Morgan fingerprint density at radius 1 is 1.26 bits per heavy atom. The van der Waals surface area contributed by atoms with Crippen LogP contribution in [0.5, 0.6) is 5.75 Å². The number of pyridine rings is 1. The summed E-state index contributed by atoms with van der Waals surface area (Å²) in [6.45, 7) is 7.77. The number of hydrogen-bond donors (Lipinski definition) is 1. The van der Waals surface area contributed by atoms with Gasteiger partial charge >= 0.3 is 0 Å². The molecule has 0 bridgehead atoms. The first-order valence-electron chi connectivity index (χ1n) is 10.3. The number of nitrogens with one attached hydrogen (secondary N) is 1. The van der Waals surface area contributed by atoms with E-state index in [1.165, 1.54) is 0 Å². The van der Waals surface area contributed by atoms with Gasteiger partial charge in [-0.1, -0.05) is 6.07 Å². The molecule has 1 aromatic carbocycles. The Balaban J connectivity index is 1.53. The molecule has 0 saturated carbocycles. The van der Waals surface area contributed by atoms with Gasteiger partial charge in [0, 0.05) is 31.4 Å². The van der Waals surface area contributed by atoms with Gasteiger partial charge in [0.05, 0.1) is 31.7 Å². The zero-order valence-corrected chi connectivity index (χ0v) is 18.1. The van der Waals surface area contributed by atoms with Crippen molar-refractivity contribution >= 4 is 17.3 Å². The standard InChI is InChI=1S/C23H27N5O3/c1-16(25-26-23(29)22-17(2)24-21-6-4-5-9-28(21)22)18-7-8-20(30-3)19(14-18)15-27-10-12-31-13-11-27/h4-9,14H,10-13,15H2,1-3H3,(H,26,29)/b25-16-. The number of ether oxygens (including phenoxy) is 2. The SMILES string of the molecule is COc1ccc(/C(C)=N\NC(=O)c2c(C)nc3ccccn23)cc1CN1CCOCC1. The van der Waals surface area contributed by atoms with E-state index in [2.05, 4.69) is 26.5 Å². The minimum Gasteiger partial charge on any atom is -0.496 e. The summed E-state index contributed by atoms with van der Waals surface area (Å²) in [6.07, 6.45) is 1.82. The average molecular weight is 422 g/mol. The van der Waals surface area contributed by atoms with Crippen molar-refractivity contribution < 1.29 is 14.3 Å². The second kappa shape index (κ2) is 9.28. The van der Waals surface area contributed by atoms with E-state index < -0.39 is 0 Å². The van der Waals surface area contributed by atoms with Crippen molar-refractivity contribution in [2.75, 3.05) is 33.4 Å². The molecule has 1 fully saturated rings. The predicted molar refractivity (Wildman–Crippen MR) is 119 cm³/mol. The molecule has 0 spiro atoms. The number of hydrogen-bond acceptors (Lipinski definition) is 6. The fraction of sp³-hybridized carbons (Fsp3) is 0.348. The molecule has 1 saturated heterocycles. The first-order chi connectivity index (χ1) is 15.1. The number of hydrazone groups is 1. The second-order valence-electron chi connectivity index (χ2n) is 7.53. The Hall–Kier alpha value is -3.23. The highest BCUT2D eigenvalue weighted by atomic mass is 16.5. The zero-order chi connectivity index (χ0) is 21.8. The number of carbonyl (C=O) groups excluding carboxylic acids is 1. The maximum absolute atomic E-state index is 12.8. The zero-order valence-electron chi connectivity index (χ0n) is 18.1. The van der Waals surface area contributed by atoms with E-state index in [-0.39, 0.29) is 5.91 Å². The average Bonchev–Trinajstić information content (AvgIpc) is 3.13. The van der Waals surface area contributed by atoms with Crippen LogP contribution in [0, 0.1) is 6.92 Å². The van der Waals surface area contributed by atoms with Crippen LogP contribution in [0.15, 0.2) is 47.7 Å². The van der Waals surface area contributed by atoms with Crippen molar-refractivity contribution in [3.8, 4) is 5.75 Å². The minimum absolute atomic E-state index is 0.294. The summed E-state index contributed by atoms with van der Waals surface area (Å²) in [4.78, 5) is 19.6. The van der Waals surface area contributed by atoms with Gasteiger partial charge in [0.2, 0.25) is 0 Å². The molecule has 0 unspecified atom stereocenters. The first kappa shape index (κ1) is 21.0. The Kier molecular flexibility index (Phi) is 6.29. The lowest BCUT2D eigenvalue weighted by Gasteiger charge is -2.27. The monoisotopic (exact) mass is 421 g/mol. The van der Waals surface area contributed by atoms with E-state index in [9.17, 15) is 4.79 Å². The van der Waals surface area contributed by atoms with Crippen LogP contribution >= 0.6 is 0 Å². The third kappa shape index (κ3) is 4.60. The molecule has 3 heterocycles. The summed E-state index contributed by atoms with van der Waals surface area (Å²) < 4.78 is 12.8. The summed E-state index contributed by atoms with van der Waals surface area (Å²) >= 11 is 0. The molecule has 162 valence electrons. The van der Waals surface area contributed by atoms with E-state index >= 15 is 0 Å². The highest BCUT2D eigenvalue weighted by Crippen LogP contribution is 2.22. The van der Waals surface area contributed by atoms with Crippen LogP contribution in [0.2, 0.25) is 0 Å². The third-order valence-corrected chi connectivity index (χ3v) is 5.44. The van der Waals surface area contributed by atoms with Crippen molar-refractivity contribution in [1.82, 2.24) is 19.7 Å². The molecule has 31 heavy (non-hydrogen) atoms. The third-order valence-electron chi connectivity index (χ3n) is 5.44. The van der Waals surface area contributed by atoms with E-state index in [1.54, 1.807) is 11.5 Å². The maximum Gasteiger partial charge on any atom is 0.290 e. The number of fused-ring (bicyclic) bond motifs is 1. The van der Waals surface area contributed by atoms with Crippen LogP contribution in [0.3, 0.4) is 0 Å². The molecule has 1 amide bonds. The Bertz CT molecular complexity index is 1120. The number of nitrogens with zero attached hydrogens (tertiary/aromatic N) is 4. The minimum atomic E-state index is -0.294. The molecule has 0 aliphatic carbocycles. The van der Waals surface area contributed by atoms with Crippen LogP contribution in [-0.4, -0.2) is 59.3 Å². The number of aryl methyl sites for hydroxylation is 1. The van der Waals surface area contributed by atoms with Crippen molar-refractivity contribution in [3.05, 3.63) is 65.1 Å². The van der Waals surface area contributed by atoms with E-state index in [0.29, 0.717) is 17.1 Å². The number of imidazole rings is 1. The topological polar surface area (TPSA) is 80.5 Å². The van der Waals surface area contributed by atoms with Crippen molar-refractivity contribution in [2.24, 2.45) is 5.10 Å². The number of amides is 1. The number of morpholine rings is 1. The van der Waals surface area contributed by atoms with Gasteiger partial charge < -0.3 is 9.47 Å². The molecule has 2 aromatic heterocycles. The normalized spacial score (nSPS) is 15.3. The molecular formula is C23H27N5O3. The molecule has 1 aliphatic rings. The molecule has 1 N–H and O–H groups in total. The van der Waals surface area contributed by atoms with Gasteiger partial charge in [0.15, 0.2) is 0 Å². The molecular weight excluding hydrogens is 394 g/mol. The molecule has 1 aliphatic heterocycles. The first-order valence-corrected chi connectivity index (χ1v) is 10.3. The van der Waals surface area contributed by atoms with Gasteiger partial charge in [-0.3, -0.25) is 14.1 Å². The molecule has 0 atom stereocenters. The molecule has 8 heteroatoms. The second-order valence-corrected chi connectivity index (χ2v) is 7.53. The van der Waals surface area contributed by atoms with Crippen LogP contribution < -0.4 is 10.2 Å². The predicted octanol–water partition coefficient (Wildman–Crippen LogP) is 2.64. The van der Waals surface area contributed by atoms with Crippen molar-refractivity contribution in [2.45, 2.75) is 20.4 Å². The van der Waals surface area contributed by atoms with Crippen molar-refractivity contribution in [1.29, 1.82) is 0 Å². The maximum atomic E-state index is 12.8. The van der Waals surface area contributed by atoms with Crippen LogP contribution in [0.1, 0.15) is 34.2 Å². The van der Waals surface area contributed by atoms with Gasteiger partial charge in [0.25, 0.3) is 5.91 Å². The lowest BCUT2D eigenvalue weighted by atomic mass is 10.1. The van der Waals surface area contributed by atoms with Gasteiger partial charge in [-0.05, 0) is 49.7 Å². The van der Waals surface area contributed by atoms with Gasteiger partial charge in [-0.15, -0.1) is 0 Å². The van der Waals surface area contributed by atoms with E-state index in [0.717, 1.165) is 55.4 Å². The van der Waals surface area contributed by atoms with Crippen LogP contribution in [0.25, 0.3) is 5.65 Å². The van der Waals surface area contributed by atoms with Gasteiger partial charge in [-0.2, -0.15) is 5.10 Å². The van der Waals surface area contributed by atoms with Gasteiger partial charge in [0.1, 0.15) is 17.1 Å². The fourth-order valence-electron chi connectivity index (χ4n) is 3.77. The largest absolute Gasteiger partial charge is 0.496 e. The van der Waals surface area contributed by atoms with E-state index in [1.807, 2.05) is 50.4 Å². The Labute approximate surface area is 181 Å². The lowest BCUT2D eigenvalue weighted by molar-refractivity contribution is 0.0339. The summed E-state index contributed by atoms with van der Waals surface area (Å²) in [5, 5.41) is 4.34. The molecule has 4 rings (SSSR count). The number of rotatable bonds is 6. The number of methoxy groups -OCH3 is 1. The van der Waals surface area contributed by atoms with Gasteiger partial charge in [-0.25, -0.2) is 10.4 Å². The fourth-order valence-corrected chi connectivity index (χ4v) is 3.77. The van der Waals surface area contributed by atoms with Crippen LogP contribution in [0.4, 0.5) is 0 Å². The van der Waals surface area contributed by atoms with Crippen molar-refractivity contribution in [3.63, 3.8) is 0 Å². The lowest BCUT2D eigenvalue weighted by Crippen LogP contribution is -2.35. The van der Waals surface area contributed by atoms with E-state index in [4.69, 9.17) is 9.47 Å². The number of aromatic nitrogens is 2. The highest BCUT2D eigenvalue weighted by Gasteiger charge is 2.17. The molecule has 8 nitrogen and oxygen atoms in total. The quantitative estimate of drug-likeness (QED) is 0.489. The summed E-state index contributed by atoms with van der Waals surface area (Å²) in [5.41, 5.74) is 7.28. The Morgan fingerprint density at radius 2 is 2.06 bits per heavy atom. The summed E-state index contributed by atoms with van der Waals surface area (Å²) in [5.74, 6) is 0.547. The highest BCUT2D eigenvalue weighted by molar-refractivity contribution is 6.01. The summed E-state index contributed by atoms with van der Waals surface area (Å²) in [6, 6.07) is 11.6. The molecule has 0 radical (unpaired) electrons. The Morgan fingerprint density at radius 3 is 2.84 bits per heavy atom. The number of benzene rings is 1. The summed E-state index contributed by atoms with van der Waals surface area (Å²) in [7, 11) is 1.68. The molecule has 3 aromatic rings. The smallest absolute Gasteiger partial charge is 0.290 e. The number of carbonyl (C=O) groups is 1.